The number of hydrogen-bond acceptors (Lipinski definition) is 3. The van der Waals surface area contributed by atoms with Gasteiger partial charge in [-0.25, -0.2) is 8.42 Å². The summed E-state index contributed by atoms with van der Waals surface area (Å²) in [7, 11) is -3.40. The minimum absolute atomic E-state index is 0.0404. The predicted octanol–water partition coefficient (Wildman–Crippen LogP) is 2.87. The summed E-state index contributed by atoms with van der Waals surface area (Å²) >= 11 is 0. The summed E-state index contributed by atoms with van der Waals surface area (Å²) in [4.78, 5) is 14.4. The van der Waals surface area contributed by atoms with Gasteiger partial charge in [0.15, 0.2) is 9.84 Å². The van der Waals surface area contributed by atoms with Gasteiger partial charge < -0.3 is 4.90 Å². The summed E-state index contributed by atoms with van der Waals surface area (Å²) in [5.74, 6) is 0.135. The van der Waals surface area contributed by atoms with E-state index in [9.17, 15) is 13.2 Å². The third-order valence-corrected chi connectivity index (χ3v) is 6.23. The number of nitrogens with zero attached hydrogens (tertiary/aromatic N) is 1. The molecular formula is C19H21NO3S. The van der Waals surface area contributed by atoms with Crippen LogP contribution in [0, 0.1) is 0 Å². The minimum Gasteiger partial charge on any atom is -0.342 e. The second kappa shape index (κ2) is 7.18. The Hall–Kier alpha value is -2.14. The Morgan fingerprint density at radius 1 is 1.00 bits per heavy atom. The molecule has 126 valence electrons. The Kier molecular flexibility index (Phi) is 5.00. The number of carbonyl (C=O) groups is 1. The zero-order valence-electron chi connectivity index (χ0n) is 13.5. The number of carbonyl (C=O) groups excluding carboxylic acids is 1. The van der Waals surface area contributed by atoms with Crippen LogP contribution in [0.15, 0.2) is 65.6 Å². The predicted molar refractivity (Wildman–Crippen MR) is 93.5 cm³/mol. The fourth-order valence-corrected chi connectivity index (χ4v) is 4.36. The molecule has 5 heteroatoms. The first-order valence-electron chi connectivity index (χ1n) is 8.17. The molecule has 0 radical (unpaired) electrons. The molecule has 3 rings (SSSR count). The van der Waals surface area contributed by atoms with Crippen LogP contribution in [-0.4, -0.2) is 38.1 Å². The van der Waals surface area contributed by atoms with Gasteiger partial charge in [-0.15, -0.1) is 0 Å². The van der Waals surface area contributed by atoms with Crippen LogP contribution < -0.4 is 0 Å². The molecule has 0 aromatic heterocycles. The highest BCUT2D eigenvalue weighted by Crippen LogP contribution is 2.27. The van der Waals surface area contributed by atoms with Gasteiger partial charge in [-0.2, -0.15) is 0 Å². The van der Waals surface area contributed by atoms with Crippen molar-refractivity contribution in [2.45, 2.75) is 23.7 Å². The highest BCUT2D eigenvalue weighted by molar-refractivity contribution is 7.91. The molecule has 0 spiro atoms. The van der Waals surface area contributed by atoms with Crippen LogP contribution in [0.4, 0.5) is 0 Å². The molecule has 1 saturated heterocycles. The molecule has 1 atom stereocenters. The molecule has 2 aromatic carbocycles. The van der Waals surface area contributed by atoms with Crippen LogP contribution in [0.5, 0.6) is 0 Å². The van der Waals surface area contributed by atoms with Gasteiger partial charge in [-0.3, -0.25) is 4.79 Å². The number of amides is 1. The fraction of sp³-hybridized carbons (Fsp3) is 0.316. The number of benzene rings is 2. The number of likely N-dealkylation sites (tertiary alicyclic amines) is 1. The van der Waals surface area contributed by atoms with Crippen LogP contribution in [0.2, 0.25) is 0 Å². The third kappa shape index (κ3) is 3.85. The van der Waals surface area contributed by atoms with Gasteiger partial charge in [0.05, 0.1) is 10.6 Å². The molecule has 0 N–H and O–H groups in total. The zero-order valence-corrected chi connectivity index (χ0v) is 14.3. The molecule has 1 aliphatic rings. The molecule has 0 bridgehead atoms. The van der Waals surface area contributed by atoms with Crippen molar-refractivity contribution < 1.29 is 13.2 Å². The standard InChI is InChI=1S/C19H21NO3S/c21-19(12-14-24(22,23)18-9-5-2-6-10-18)20-13-11-17(15-20)16-7-3-1-4-8-16/h1-10,17H,11-15H2/t17-/m1/s1. The molecule has 1 amide bonds. The second-order valence-electron chi connectivity index (χ2n) is 6.12. The fourth-order valence-electron chi connectivity index (χ4n) is 3.11. The highest BCUT2D eigenvalue weighted by Gasteiger charge is 2.28. The maximum absolute atomic E-state index is 12.4. The lowest BCUT2D eigenvalue weighted by Gasteiger charge is -2.17. The van der Waals surface area contributed by atoms with Crippen LogP contribution in [-0.2, 0) is 14.6 Å². The van der Waals surface area contributed by atoms with Crippen LogP contribution in [0.25, 0.3) is 0 Å². The summed E-state index contributed by atoms with van der Waals surface area (Å²) in [6.45, 7) is 1.37. The van der Waals surface area contributed by atoms with E-state index in [4.69, 9.17) is 0 Å². The quantitative estimate of drug-likeness (QED) is 0.839. The molecule has 0 unspecified atom stereocenters. The van der Waals surface area contributed by atoms with E-state index in [1.165, 1.54) is 5.56 Å². The molecule has 0 saturated carbocycles. The third-order valence-electron chi connectivity index (χ3n) is 4.50. The molecule has 2 aromatic rings. The average Bonchev–Trinajstić information content (AvgIpc) is 3.11. The van der Waals surface area contributed by atoms with Crippen LogP contribution >= 0.6 is 0 Å². The largest absolute Gasteiger partial charge is 0.342 e. The minimum atomic E-state index is -3.40. The lowest BCUT2D eigenvalue weighted by atomic mass is 9.99. The van der Waals surface area contributed by atoms with Crippen molar-refractivity contribution >= 4 is 15.7 Å². The van der Waals surface area contributed by atoms with E-state index < -0.39 is 9.84 Å². The lowest BCUT2D eigenvalue weighted by Crippen LogP contribution is -2.30. The van der Waals surface area contributed by atoms with Gasteiger partial charge in [0.1, 0.15) is 0 Å². The van der Waals surface area contributed by atoms with E-state index in [0.717, 1.165) is 6.42 Å². The second-order valence-corrected chi connectivity index (χ2v) is 8.23. The van der Waals surface area contributed by atoms with Crippen LogP contribution in [0.3, 0.4) is 0 Å². The Bertz CT molecular complexity index is 788. The Morgan fingerprint density at radius 2 is 1.62 bits per heavy atom. The van der Waals surface area contributed by atoms with E-state index >= 15 is 0 Å². The molecule has 0 aliphatic carbocycles. The van der Waals surface area contributed by atoms with Crippen molar-refractivity contribution in [2.24, 2.45) is 0 Å². The topological polar surface area (TPSA) is 54.5 Å². The molecule has 24 heavy (non-hydrogen) atoms. The number of rotatable bonds is 5. The monoisotopic (exact) mass is 343 g/mol. The maximum Gasteiger partial charge on any atom is 0.223 e. The maximum atomic E-state index is 12.4. The summed E-state index contributed by atoms with van der Waals surface area (Å²) in [5.41, 5.74) is 1.24. The van der Waals surface area contributed by atoms with Crippen molar-refractivity contribution in [3.8, 4) is 0 Å². The first-order chi connectivity index (χ1) is 11.6. The summed E-state index contributed by atoms with van der Waals surface area (Å²) < 4.78 is 24.5. The summed E-state index contributed by atoms with van der Waals surface area (Å²) in [6, 6.07) is 18.5. The van der Waals surface area contributed by atoms with Gasteiger partial charge in [-0.05, 0) is 24.1 Å². The Balaban J connectivity index is 1.57. The normalized spacial score (nSPS) is 17.8. The SMILES string of the molecule is O=C(CCS(=O)(=O)c1ccccc1)N1CC[C@@H](c2ccccc2)C1. The lowest BCUT2D eigenvalue weighted by molar-refractivity contribution is -0.129. The smallest absolute Gasteiger partial charge is 0.223 e. The first-order valence-corrected chi connectivity index (χ1v) is 9.82. The van der Waals surface area contributed by atoms with Crippen LogP contribution in [0.1, 0.15) is 24.3 Å². The van der Waals surface area contributed by atoms with E-state index in [1.807, 2.05) is 18.2 Å². The first kappa shape index (κ1) is 16.7. The number of sulfone groups is 1. The molecule has 4 nitrogen and oxygen atoms in total. The molecule has 1 aliphatic heterocycles. The number of hydrogen-bond donors (Lipinski definition) is 0. The van der Waals surface area contributed by atoms with Crippen molar-refractivity contribution in [3.05, 3.63) is 66.2 Å². The highest BCUT2D eigenvalue weighted by atomic mass is 32.2. The van der Waals surface area contributed by atoms with E-state index in [-0.39, 0.29) is 23.0 Å². The van der Waals surface area contributed by atoms with Gasteiger partial charge in [0.2, 0.25) is 5.91 Å². The van der Waals surface area contributed by atoms with Gasteiger partial charge >= 0.3 is 0 Å². The van der Waals surface area contributed by atoms with Gasteiger partial charge in [0.25, 0.3) is 0 Å². The molecule has 1 heterocycles. The van der Waals surface area contributed by atoms with Crippen molar-refractivity contribution in [2.75, 3.05) is 18.8 Å². The Labute approximate surface area is 143 Å². The average molecular weight is 343 g/mol. The molecular weight excluding hydrogens is 322 g/mol. The zero-order chi connectivity index (χ0) is 17.0. The Morgan fingerprint density at radius 3 is 2.29 bits per heavy atom. The van der Waals surface area contributed by atoms with E-state index in [1.54, 1.807) is 35.2 Å². The van der Waals surface area contributed by atoms with E-state index in [2.05, 4.69) is 12.1 Å². The van der Waals surface area contributed by atoms with Crippen molar-refractivity contribution in [3.63, 3.8) is 0 Å². The molecule has 1 fully saturated rings. The van der Waals surface area contributed by atoms with Crippen molar-refractivity contribution in [1.29, 1.82) is 0 Å². The summed E-state index contributed by atoms with van der Waals surface area (Å²) in [6.07, 6.45) is 0.972. The van der Waals surface area contributed by atoms with Gasteiger partial charge in [0, 0.05) is 25.4 Å². The summed E-state index contributed by atoms with van der Waals surface area (Å²) in [5, 5.41) is 0. The van der Waals surface area contributed by atoms with E-state index in [0.29, 0.717) is 19.0 Å². The van der Waals surface area contributed by atoms with Gasteiger partial charge in [-0.1, -0.05) is 48.5 Å². The van der Waals surface area contributed by atoms with Crippen molar-refractivity contribution in [1.82, 2.24) is 4.90 Å².